The first-order chi connectivity index (χ1) is 9.04. The lowest BCUT2D eigenvalue weighted by Crippen LogP contribution is -2.35. The van der Waals surface area contributed by atoms with Gasteiger partial charge >= 0.3 is 0 Å². The molecular formula is C18H24O. The van der Waals surface area contributed by atoms with Crippen molar-refractivity contribution in [3.63, 3.8) is 0 Å². The number of rotatable bonds is 1. The van der Waals surface area contributed by atoms with Crippen molar-refractivity contribution < 1.29 is 4.74 Å². The molecule has 0 aromatic heterocycles. The summed E-state index contributed by atoms with van der Waals surface area (Å²) in [4.78, 5) is 0. The highest BCUT2D eigenvalue weighted by atomic mass is 16.5. The molecule has 1 heterocycles. The molecule has 2 saturated carbocycles. The maximum Gasteiger partial charge on any atom is 0.0866 e. The SMILES string of the molecule is CC1(C)[C@@H]2CC[C@]1(C)C(C1OCc3ccccc31)C2. The Morgan fingerprint density at radius 2 is 1.95 bits per heavy atom. The first-order valence-corrected chi connectivity index (χ1v) is 7.73. The molecule has 1 heteroatoms. The van der Waals surface area contributed by atoms with Gasteiger partial charge in [-0.25, -0.2) is 0 Å². The highest BCUT2D eigenvalue weighted by Gasteiger charge is 2.63. The third-order valence-electron chi connectivity index (χ3n) is 7.01. The van der Waals surface area contributed by atoms with E-state index in [0.717, 1.165) is 12.5 Å². The number of hydrogen-bond acceptors (Lipinski definition) is 1. The van der Waals surface area contributed by atoms with E-state index in [1.54, 1.807) is 0 Å². The van der Waals surface area contributed by atoms with Gasteiger partial charge in [0.25, 0.3) is 0 Å². The zero-order valence-corrected chi connectivity index (χ0v) is 12.3. The standard InChI is InChI=1S/C18H24O/c1-17(2)13-8-9-18(17,3)15(10-13)16-14-7-5-4-6-12(14)11-19-16/h4-7,13,15-16H,8-11H2,1-3H3/t13-,15?,16?,18-/m1/s1. The van der Waals surface area contributed by atoms with Crippen LogP contribution in [0.1, 0.15) is 57.3 Å². The van der Waals surface area contributed by atoms with E-state index in [0.29, 0.717) is 22.9 Å². The van der Waals surface area contributed by atoms with Gasteiger partial charge in [0.05, 0.1) is 12.7 Å². The van der Waals surface area contributed by atoms with Gasteiger partial charge in [0.15, 0.2) is 0 Å². The monoisotopic (exact) mass is 256 g/mol. The first kappa shape index (κ1) is 12.0. The molecule has 0 spiro atoms. The molecule has 0 amide bonds. The normalized spacial score (nSPS) is 42.6. The van der Waals surface area contributed by atoms with Crippen molar-refractivity contribution in [3.05, 3.63) is 35.4 Å². The summed E-state index contributed by atoms with van der Waals surface area (Å²) in [6.07, 6.45) is 4.53. The van der Waals surface area contributed by atoms with E-state index in [1.165, 1.54) is 30.4 Å². The molecule has 2 unspecified atom stereocenters. The van der Waals surface area contributed by atoms with Crippen LogP contribution in [0.25, 0.3) is 0 Å². The smallest absolute Gasteiger partial charge is 0.0866 e. The van der Waals surface area contributed by atoms with Crippen molar-refractivity contribution in [3.8, 4) is 0 Å². The van der Waals surface area contributed by atoms with E-state index >= 15 is 0 Å². The van der Waals surface area contributed by atoms with Crippen LogP contribution >= 0.6 is 0 Å². The van der Waals surface area contributed by atoms with Crippen molar-refractivity contribution in [2.24, 2.45) is 22.7 Å². The zero-order chi connectivity index (χ0) is 13.3. The van der Waals surface area contributed by atoms with Crippen LogP contribution in [0, 0.1) is 22.7 Å². The van der Waals surface area contributed by atoms with Crippen LogP contribution in [0.5, 0.6) is 0 Å². The molecule has 2 aliphatic carbocycles. The predicted molar refractivity (Wildman–Crippen MR) is 76.7 cm³/mol. The molecular weight excluding hydrogens is 232 g/mol. The van der Waals surface area contributed by atoms with Gasteiger partial charge in [0, 0.05) is 0 Å². The minimum Gasteiger partial charge on any atom is -0.369 e. The Morgan fingerprint density at radius 1 is 1.16 bits per heavy atom. The molecule has 3 aliphatic rings. The Balaban J connectivity index is 1.73. The van der Waals surface area contributed by atoms with E-state index in [4.69, 9.17) is 4.74 Å². The number of benzene rings is 1. The van der Waals surface area contributed by atoms with E-state index in [1.807, 2.05) is 0 Å². The fourth-order valence-electron chi connectivity index (χ4n) is 5.27. The molecule has 2 bridgehead atoms. The maximum atomic E-state index is 6.22. The van der Waals surface area contributed by atoms with Crippen molar-refractivity contribution in [2.45, 2.75) is 52.7 Å². The van der Waals surface area contributed by atoms with Gasteiger partial charge in [-0.1, -0.05) is 45.0 Å². The van der Waals surface area contributed by atoms with Gasteiger partial charge in [-0.3, -0.25) is 0 Å². The highest BCUT2D eigenvalue weighted by molar-refractivity contribution is 5.33. The van der Waals surface area contributed by atoms with Gasteiger partial charge in [-0.15, -0.1) is 0 Å². The second-order valence-corrected chi connectivity index (χ2v) is 7.65. The number of ether oxygens (including phenoxy) is 1. The van der Waals surface area contributed by atoms with E-state index < -0.39 is 0 Å². The average molecular weight is 256 g/mol. The molecule has 2 fully saturated rings. The molecule has 0 radical (unpaired) electrons. The van der Waals surface area contributed by atoms with Crippen LogP contribution in [-0.2, 0) is 11.3 Å². The fraction of sp³-hybridized carbons (Fsp3) is 0.667. The maximum absolute atomic E-state index is 6.22. The summed E-state index contributed by atoms with van der Waals surface area (Å²) in [6, 6.07) is 8.82. The van der Waals surface area contributed by atoms with Gasteiger partial charge in [-0.2, -0.15) is 0 Å². The van der Waals surface area contributed by atoms with Gasteiger partial charge in [-0.05, 0) is 53.1 Å². The average Bonchev–Trinajstić information content (AvgIpc) is 2.96. The van der Waals surface area contributed by atoms with Gasteiger partial charge in [0.1, 0.15) is 0 Å². The molecule has 4 atom stereocenters. The van der Waals surface area contributed by atoms with E-state index in [2.05, 4.69) is 45.0 Å². The molecule has 4 rings (SSSR count). The van der Waals surface area contributed by atoms with Gasteiger partial charge in [0.2, 0.25) is 0 Å². The lowest BCUT2D eigenvalue weighted by Gasteiger charge is -2.41. The molecule has 0 saturated heterocycles. The minimum absolute atomic E-state index is 0.353. The summed E-state index contributed by atoms with van der Waals surface area (Å²) < 4.78 is 6.22. The van der Waals surface area contributed by atoms with Crippen molar-refractivity contribution in [1.82, 2.24) is 0 Å². The highest BCUT2D eigenvalue weighted by Crippen LogP contribution is 2.71. The Morgan fingerprint density at radius 3 is 2.63 bits per heavy atom. The zero-order valence-electron chi connectivity index (χ0n) is 12.3. The van der Waals surface area contributed by atoms with Crippen LogP contribution in [0.4, 0.5) is 0 Å². The molecule has 1 aromatic rings. The summed E-state index contributed by atoms with van der Waals surface area (Å²) in [7, 11) is 0. The van der Waals surface area contributed by atoms with Gasteiger partial charge < -0.3 is 4.74 Å². The van der Waals surface area contributed by atoms with Crippen LogP contribution < -0.4 is 0 Å². The summed E-state index contributed by atoms with van der Waals surface area (Å²) in [6.45, 7) is 8.32. The van der Waals surface area contributed by atoms with E-state index in [-0.39, 0.29) is 0 Å². The summed E-state index contributed by atoms with van der Waals surface area (Å²) >= 11 is 0. The molecule has 1 aliphatic heterocycles. The summed E-state index contributed by atoms with van der Waals surface area (Å²) in [5, 5.41) is 0. The molecule has 102 valence electrons. The van der Waals surface area contributed by atoms with E-state index in [9.17, 15) is 0 Å². The van der Waals surface area contributed by atoms with Crippen molar-refractivity contribution in [1.29, 1.82) is 0 Å². The topological polar surface area (TPSA) is 9.23 Å². The Kier molecular flexibility index (Phi) is 2.29. The molecule has 0 N–H and O–H groups in total. The predicted octanol–water partition coefficient (Wildman–Crippen LogP) is 4.72. The van der Waals surface area contributed by atoms with Crippen molar-refractivity contribution >= 4 is 0 Å². The van der Waals surface area contributed by atoms with Crippen LogP contribution in [0.2, 0.25) is 0 Å². The third-order valence-corrected chi connectivity index (χ3v) is 7.01. The summed E-state index contributed by atoms with van der Waals surface area (Å²) in [5.74, 6) is 1.61. The largest absolute Gasteiger partial charge is 0.369 e. The Labute approximate surface area is 116 Å². The molecule has 19 heavy (non-hydrogen) atoms. The van der Waals surface area contributed by atoms with Crippen LogP contribution in [0.15, 0.2) is 24.3 Å². The molecule has 1 nitrogen and oxygen atoms in total. The Bertz CT molecular complexity index is 518. The number of fused-ring (bicyclic) bond motifs is 3. The minimum atomic E-state index is 0.353. The first-order valence-electron chi connectivity index (χ1n) is 7.73. The van der Waals surface area contributed by atoms with Crippen molar-refractivity contribution in [2.75, 3.05) is 0 Å². The lowest BCUT2D eigenvalue weighted by molar-refractivity contribution is -0.0375. The third kappa shape index (κ3) is 1.35. The lowest BCUT2D eigenvalue weighted by atomic mass is 9.64. The summed E-state index contributed by atoms with van der Waals surface area (Å²) in [5.41, 5.74) is 3.83. The molecule has 1 aromatic carbocycles. The second kappa shape index (κ2) is 3.63. The second-order valence-electron chi connectivity index (χ2n) is 7.65. The van der Waals surface area contributed by atoms with Crippen LogP contribution in [0.3, 0.4) is 0 Å². The number of hydrogen-bond donors (Lipinski definition) is 0. The van der Waals surface area contributed by atoms with Crippen LogP contribution in [-0.4, -0.2) is 0 Å². The fourth-order valence-corrected chi connectivity index (χ4v) is 5.27. The quantitative estimate of drug-likeness (QED) is 0.706. The Hall–Kier alpha value is -0.820.